The van der Waals surface area contributed by atoms with Crippen LogP contribution in [-0.2, 0) is 13.0 Å². The molecule has 2 heterocycles. The van der Waals surface area contributed by atoms with Gasteiger partial charge in [-0.05, 0) is 79.4 Å². The highest BCUT2D eigenvalue weighted by Gasteiger charge is 2.14. The molecule has 168 valence electrons. The first kappa shape index (κ1) is 22.3. The van der Waals surface area contributed by atoms with Crippen LogP contribution >= 0.6 is 0 Å². The van der Waals surface area contributed by atoms with Crippen molar-refractivity contribution >= 4 is 17.2 Å². The molecule has 5 nitrogen and oxygen atoms in total. The molecule has 0 saturated carbocycles. The second-order valence-electron chi connectivity index (χ2n) is 8.98. The molecular formula is C27H35N5. The fourth-order valence-corrected chi connectivity index (χ4v) is 4.37. The first-order chi connectivity index (χ1) is 15.5. The summed E-state index contributed by atoms with van der Waals surface area (Å²) in [4.78, 5) is 9.49. The van der Waals surface area contributed by atoms with E-state index in [2.05, 4.69) is 94.8 Å². The van der Waals surface area contributed by atoms with Crippen molar-refractivity contribution in [3.05, 3.63) is 82.5 Å². The zero-order valence-corrected chi connectivity index (χ0v) is 19.8. The van der Waals surface area contributed by atoms with Gasteiger partial charge < -0.3 is 15.5 Å². The summed E-state index contributed by atoms with van der Waals surface area (Å²) in [5.41, 5.74) is 8.75. The minimum absolute atomic E-state index is 0.890. The van der Waals surface area contributed by atoms with Crippen LogP contribution in [0.1, 0.15) is 27.8 Å². The lowest BCUT2D eigenvalue weighted by Gasteiger charge is -2.32. The van der Waals surface area contributed by atoms with Crippen molar-refractivity contribution in [3.63, 3.8) is 0 Å². The monoisotopic (exact) mass is 429 g/mol. The standard InChI is InChI=1S/C27H35N5/c1-20-15-22(5-7-25(20)28-3)17-23-9-10-29-27(18-23)30-26-8-6-24(16-21(26)2)19-32-13-11-31(4)12-14-32/h5-10,15-16,18,28H,11-14,17,19H2,1-4H3,(H,29,30). The number of aromatic nitrogens is 1. The van der Waals surface area contributed by atoms with E-state index in [-0.39, 0.29) is 0 Å². The van der Waals surface area contributed by atoms with Gasteiger partial charge in [-0.1, -0.05) is 24.3 Å². The minimum atomic E-state index is 0.890. The molecule has 1 aliphatic heterocycles. The van der Waals surface area contributed by atoms with Crippen LogP contribution in [-0.4, -0.2) is 55.1 Å². The van der Waals surface area contributed by atoms with Crippen molar-refractivity contribution in [2.45, 2.75) is 26.8 Å². The number of aryl methyl sites for hydroxylation is 2. The van der Waals surface area contributed by atoms with E-state index < -0.39 is 0 Å². The fourth-order valence-electron chi connectivity index (χ4n) is 4.37. The van der Waals surface area contributed by atoms with E-state index in [1.165, 1.54) is 33.5 Å². The molecule has 0 unspecified atom stereocenters. The SMILES string of the molecule is CNc1ccc(Cc2ccnc(Nc3ccc(CN4CCN(C)CC4)cc3C)c2)cc1C. The Balaban J connectivity index is 1.41. The van der Waals surface area contributed by atoms with Gasteiger partial charge in [-0.15, -0.1) is 0 Å². The molecule has 2 aromatic carbocycles. The number of nitrogens with one attached hydrogen (secondary N) is 2. The zero-order chi connectivity index (χ0) is 22.5. The molecule has 1 aromatic heterocycles. The highest BCUT2D eigenvalue weighted by Crippen LogP contribution is 2.23. The molecule has 1 saturated heterocycles. The number of likely N-dealkylation sites (N-methyl/N-ethyl adjacent to an activating group) is 1. The van der Waals surface area contributed by atoms with E-state index in [0.717, 1.165) is 50.6 Å². The molecule has 0 spiro atoms. The van der Waals surface area contributed by atoms with E-state index >= 15 is 0 Å². The van der Waals surface area contributed by atoms with Crippen LogP contribution < -0.4 is 10.6 Å². The summed E-state index contributed by atoms with van der Waals surface area (Å²) in [6.45, 7) is 9.93. The van der Waals surface area contributed by atoms with E-state index in [4.69, 9.17) is 0 Å². The molecule has 0 aliphatic carbocycles. The molecule has 3 aromatic rings. The van der Waals surface area contributed by atoms with Gasteiger partial charge in [-0.25, -0.2) is 4.98 Å². The molecule has 0 atom stereocenters. The molecule has 0 radical (unpaired) electrons. The average molecular weight is 430 g/mol. The van der Waals surface area contributed by atoms with Gasteiger partial charge in [0.15, 0.2) is 0 Å². The molecule has 4 rings (SSSR count). The van der Waals surface area contributed by atoms with Gasteiger partial charge in [-0.3, -0.25) is 4.90 Å². The van der Waals surface area contributed by atoms with Crippen LogP contribution in [0.25, 0.3) is 0 Å². The maximum absolute atomic E-state index is 4.55. The van der Waals surface area contributed by atoms with Crippen molar-refractivity contribution < 1.29 is 0 Å². The topological polar surface area (TPSA) is 43.4 Å². The Labute approximate surface area is 192 Å². The van der Waals surface area contributed by atoms with E-state index in [1.54, 1.807) is 0 Å². The molecular weight excluding hydrogens is 394 g/mol. The lowest BCUT2D eigenvalue weighted by atomic mass is 10.0. The third-order valence-electron chi connectivity index (χ3n) is 6.35. The van der Waals surface area contributed by atoms with Crippen LogP contribution in [0.15, 0.2) is 54.7 Å². The highest BCUT2D eigenvalue weighted by molar-refractivity contribution is 5.61. The fraction of sp³-hybridized carbons (Fsp3) is 0.370. The summed E-state index contributed by atoms with van der Waals surface area (Å²) in [6, 6.07) is 17.6. The number of hydrogen-bond acceptors (Lipinski definition) is 5. The van der Waals surface area contributed by atoms with Gasteiger partial charge in [0, 0.05) is 57.3 Å². The lowest BCUT2D eigenvalue weighted by molar-refractivity contribution is 0.148. The van der Waals surface area contributed by atoms with Crippen LogP contribution in [0.4, 0.5) is 17.2 Å². The maximum atomic E-state index is 4.55. The molecule has 2 N–H and O–H groups in total. The third-order valence-corrected chi connectivity index (χ3v) is 6.35. The van der Waals surface area contributed by atoms with Crippen molar-refractivity contribution in [2.75, 3.05) is 50.9 Å². The smallest absolute Gasteiger partial charge is 0.130 e. The number of hydrogen-bond donors (Lipinski definition) is 2. The van der Waals surface area contributed by atoms with Crippen LogP contribution in [0.3, 0.4) is 0 Å². The number of pyridine rings is 1. The second-order valence-corrected chi connectivity index (χ2v) is 8.98. The second kappa shape index (κ2) is 10.2. The number of rotatable bonds is 7. The summed E-state index contributed by atoms with van der Waals surface area (Å²) in [5, 5.41) is 6.76. The van der Waals surface area contributed by atoms with E-state index in [0.29, 0.717) is 0 Å². The van der Waals surface area contributed by atoms with E-state index in [9.17, 15) is 0 Å². The van der Waals surface area contributed by atoms with Crippen LogP contribution in [0.2, 0.25) is 0 Å². The third kappa shape index (κ3) is 5.67. The Bertz CT molecular complexity index is 1050. The van der Waals surface area contributed by atoms with Gasteiger partial charge in [0.1, 0.15) is 5.82 Å². The summed E-state index contributed by atoms with van der Waals surface area (Å²) < 4.78 is 0. The Hall–Kier alpha value is -2.89. The maximum Gasteiger partial charge on any atom is 0.130 e. The van der Waals surface area contributed by atoms with Gasteiger partial charge in [0.05, 0.1) is 0 Å². The summed E-state index contributed by atoms with van der Waals surface area (Å²) in [7, 11) is 4.16. The lowest BCUT2D eigenvalue weighted by Crippen LogP contribution is -2.43. The van der Waals surface area contributed by atoms with Gasteiger partial charge in [-0.2, -0.15) is 0 Å². The molecule has 1 aliphatic rings. The van der Waals surface area contributed by atoms with E-state index in [1.807, 2.05) is 13.2 Å². The largest absolute Gasteiger partial charge is 0.388 e. The quantitative estimate of drug-likeness (QED) is 0.564. The van der Waals surface area contributed by atoms with Crippen molar-refractivity contribution in [1.82, 2.24) is 14.8 Å². The average Bonchev–Trinajstić information content (AvgIpc) is 2.78. The molecule has 32 heavy (non-hydrogen) atoms. The number of benzene rings is 2. The van der Waals surface area contributed by atoms with Crippen LogP contribution in [0.5, 0.6) is 0 Å². The zero-order valence-electron chi connectivity index (χ0n) is 19.8. The number of anilines is 3. The Morgan fingerprint density at radius 2 is 1.47 bits per heavy atom. The first-order valence-electron chi connectivity index (χ1n) is 11.5. The van der Waals surface area contributed by atoms with Crippen molar-refractivity contribution in [3.8, 4) is 0 Å². The summed E-state index contributed by atoms with van der Waals surface area (Å²) in [5.74, 6) is 0.890. The minimum Gasteiger partial charge on any atom is -0.388 e. The van der Waals surface area contributed by atoms with Crippen molar-refractivity contribution in [1.29, 1.82) is 0 Å². The predicted octanol–water partition coefficient (Wildman–Crippen LogP) is 4.82. The normalized spacial score (nSPS) is 15.0. The van der Waals surface area contributed by atoms with Gasteiger partial charge >= 0.3 is 0 Å². The Morgan fingerprint density at radius 1 is 0.812 bits per heavy atom. The van der Waals surface area contributed by atoms with Crippen molar-refractivity contribution in [2.24, 2.45) is 0 Å². The Morgan fingerprint density at radius 3 is 2.19 bits per heavy atom. The Kier molecular flexibility index (Phi) is 7.08. The number of piperazine rings is 1. The number of nitrogens with zero attached hydrogens (tertiary/aromatic N) is 3. The van der Waals surface area contributed by atoms with Crippen LogP contribution in [0, 0.1) is 13.8 Å². The summed E-state index contributed by atoms with van der Waals surface area (Å²) >= 11 is 0. The predicted molar refractivity (Wildman–Crippen MR) is 135 cm³/mol. The summed E-state index contributed by atoms with van der Waals surface area (Å²) in [6.07, 6.45) is 2.79. The first-order valence-corrected chi connectivity index (χ1v) is 11.5. The van der Waals surface area contributed by atoms with Gasteiger partial charge in [0.2, 0.25) is 0 Å². The molecule has 0 amide bonds. The molecule has 0 bridgehead atoms. The highest BCUT2D eigenvalue weighted by atomic mass is 15.2. The molecule has 5 heteroatoms. The van der Waals surface area contributed by atoms with Gasteiger partial charge in [0.25, 0.3) is 0 Å². The molecule has 1 fully saturated rings.